The van der Waals surface area contributed by atoms with Crippen LogP contribution in [0.25, 0.3) is 0 Å². The molecule has 1 aliphatic heterocycles. The van der Waals surface area contributed by atoms with Crippen LogP contribution < -0.4 is 16.2 Å². The maximum Gasteiger partial charge on any atom is 0.333 e. The highest BCUT2D eigenvalue weighted by molar-refractivity contribution is 7.91. The molecule has 1 aromatic rings. The Bertz CT molecular complexity index is 621. The Morgan fingerprint density at radius 2 is 2.00 bits per heavy atom. The van der Waals surface area contributed by atoms with E-state index in [1.807, 2.05) is 0 Å². The number of sulfone groups is 1. The second kappa shape index (κ2) is 6.17. The highest BCUT2D eigenvalue weighted by Gasteiger charge is 2.27. The van der Waals surface area contributed by atoms with Crippen LogP contribution in [0.2, 0.25) is 10.0 Å². The van der Waals surface area contributed by atoms with Crippen molar-refractivity contribution in [1.29, 1.82) is 0 Å². The summed E-state index contributed by atoms with van der Waals surface area (Å²) in [5.74, 6) is 0.167. The number of nitrogens with one attached hydrogen (secondary N) is 3. The van der Waals surface area contributed by atoms with Crippen molar-refractivity contribution in [3.05, 3.63) is 28.2 Å². The molecule has 1 heterocycles. The minimum absolute atomic E-state index is 0.0278. The molecule has 0 aromatic heterocycles. The van der Waals surface area contributed by atoms with E-state index in [-0.39, 0.29) is 17.5 Å². The van der Waals surface area contributed by atoms with Crippen molar-refractivity contribution in [3.8, 4) is 0 Å². The van der Waals surface area contributed by atoms with Crippen molar-refractivity contribution in [2.45, 2.75) is 12.5 Å². The molecule has 3 N–H and O–H groups in total. The Balaban J connectivity index is 1.82. The van der Waals surface area contributed by atoms with E-state index >= 15 is 0 Å². The standard InChI is InChI=1S/C11H13Cl2N3O3S/c12-9-2-1-7(5-10(9)13)14-11(17)16-15-8-3-4-20(18,19)6-8/h1-2,5,8,15H,3-4,6H2,(H2,14,16,17)/t8-/m0/s1. The van der Waals surface area contributed by atoms with E-state index in [1.165, 1.54) is 6.07 Å². The minimum atomic E-state index is -2.98. The van der Waals surface area contributed by atoms with Crippen molar-refractivity contribution in [2.75, 3.05) is 16.8 Å². The lowest BCUT2D eigenvalue weighted by molar-refractivity contribution is 0.246. The number of urea groups is 1. The van der Waals surface area contributed by atoms with Crippen molar-refractivity contribution < 1.29 is 13.2 Å². The lowest BCUT2D eigenvalue weighted by Gasteiger charge is -2.13. The van der Waals surface area contributed by atoms with Gasteiger partial charge in [-0.2, -0.15) is 0 Å². The summed E-state index contributed by atoms with van der Waals surface area (Å²) in [4.78, 5) is 11.6. The van der Waals surface area contributed by atoms with Gasteiger partial charge in [-0.3, -0.25) is 5.43 Å². The monoisotopic (exact) mass is 337 g/mol. The molecule has 2 rings (SSSR count). The molecule has 20 heavy (non-hydrogen) atoms. The van der Waals surface area contributed by atoms with Crippen LogP contribution in [0.15, 0.2) is 18.2 Å². The number of carbonyl (C=O) groups excluding carboxylic acids is 1. The second-order valence-corrected chi connectivity index (χ2v) is 7.50. The smallest absolute Gasteiger partial charge is 0.307 e. The average Bonchev–Trinajstić information content (AvgIpc) is 2.71. The third kappa shape index (κ3) is 4.24. The molecular weight excluding hydrogens is 325 g/mol. The lowest BCUT2D eigenvalue weighted by Crippen LogP contribution is -2.46. The van der Waals surface area contributed by atoms with Gasteiger partial charge in [-0.25, -0.2) is 18.6 Å². The molecule has 1 atom stereocenters. The lowest BCUT2D eigenvalue weighted by atomic mass is 10.3. The third-order valence-corrected chi connectivity index (χ3v) is 5.31. The van der Waals surface area contributed by atoms with Gasteiger partial charge in [-0.05, 0) is 24.6 Å². The van der Waals surface area contributed by atoms with Gasteiger partial charge < -0.3 is 5.32 Å². The van der Waals surface area contributed by atoms with Gasteiger partial charge in [0.15, 0.2) is 9.84 Å². The van der Waals surface area contributed by atoms with Crippen molar-refractivity contribution in [1.82, 2.24) is 10.9 Å². The second-order valence-electron chi connectivity index (χ2n) is 4.45. The number of halogens is 2. The van der Waals surface area contributed by atoms with E-state index in [4.69, 9.17) is 23.2 Å². The van der Waals surface area contributed by atoms with Gasteiger partial charge in [0.1, 0.15) is 0 Å². The van der Waals surface area contributed by atoms with Crippen LogP contribution in [0.1, 0.15) is 6.42 Å². The zero-order valence-corrected chi connectivity index (χ0v) is 12.6. The van der Waals surface area contributed by atoms with Crippen LogP contribution >= 0.6 is 23.2 Å². The van der Waals surface area contributed by atoms with E-state index in [2.05, 4.69) is 16.2 Å². The fourth-order valence-electron chi connectivity index (χ4n) is 1.81. The summed E-state index contributed by atoms with van der Waals surface area (Å²) in [6, 6.07) is 3.92. The van der Waals surface area contributed by atoms with E-state index in [1.54, 1.807) is 12.1 Å². The Kier molecular flexibility index (Phi) is 4.74. The van der Waals surface area contributed by atoms with Gasteiger partial charge in [0, 0.05) is 11.7 Å². The van der Waals surface area contributed by atoms with E-state index in [9.17, 15) is 13.2 Å². The molecule has 9 heteroatoms. The molecule has 1 saturated heterocycles. The number of hydrogen-bond acceptors (Lipinski definition) is 4. The highest BCUT2D eigenvalue weighted by Crippen LogP contribution is 2.24. The molecule has 0 unspecified atom stereocenters. The van der Waals surface area contributed by atoms with Crippen LogP contribution in [-0.4, -0.2) is 32.0 Å². The van der Waals surface area contributed by atoms with Crippen LogP contribution in [0.3, 0.4) is 0 Å². The Morgan fingerprint density at radius 1 is 1.25 bits per heavy atom. The first-order valence-electron chi connectivity index (χ1n) is 5.84. The molecule has 1 aromatic carbocycles. The average molecular weight is 338 g/mol. The van der Waals surface area contributed by atoms with Crippen molar-refractivity contribution in [2.24, 2.45) is 0 Å². The topological polar surface area (TPSA) is 87.3 Å². The molecule has 0 saturated carbocycles. The van der Waals surface area contributed by atoms with Gasteiger partial charge in [0.2, 0.25) is 0 Å². The van der Waals surface area contributed by atoms with Gasteiger partial charge in [0.25, 0.3) is 0 Å². The van der Waals surface area contributed by atoms with Crippen molar-refractivity contribution >= 4 is 44.8 Å². The molecule has 110 valence electrons. The summed E-state index contributed by atoms with van der Waals surface area (Å²) in [5, 5.41) is 3.28. The van der Waals surface area contributed by atoms with Gasteiger partial charge >= 0.3 is 6.03 Å². The quantitative estimate of drug-likeness (QED) is 0.734. The number of carbonyl (C=O) groups is 1. The highest BCUT2D eigenvalue weighted by atomic mass is 35.5. The molecular formula is C11H13Cl2N3O3S. The molecule has 6 nitrogen and oxygen atoms in total. The third-order valence-electron chi connectivity index (χ3n) is 2.80. The number of hydrazine groups is 1. The number of amides is 2. The van der Waals surface area contributed by atoms with Gasteiger partial charge in [-0.1, -0.05) is 23.2 Å². The zero-order chi connectivity index (χ0) is 14.8. The molecule has 0 spiro atoms. The molecule has 1 aliphatic rings. The Labute approximate surface area is 126 Å². The molecule has 0 aliphatic carbocycles. The fraction of sp³-hybridized carbons (Fsp3) is 0.364. The molecule has 2 amide bonds. The van der Waals surface area contributed by atoms with E-state index in [0.29, 0.717) is 22.2 Å². The maximum atomic E-state index is 11.6. The largest absolute Gasteiger partial charge is 0.333 e. The summed E-state index contributed by atoms with van der Waals surface area (Å²) in [7, 11) is -2.98. The normalized spacial score (nSPS) is 20.6. The molecule has 0 bridgehead atoms. The number of hydrogen-bond donors (Lipinski definition) is 3. The fourth-order valence-corrected chi connectivity index (χ4v) is 3.78. The maximum absolute atomic E-state index is 11.6. The number of rotatable bonds is 3. The first kappa shape index (κ1) is 15.4. The minimum Gasteiger partial charge on any atom is -0.307 e. The van der Waals surface area contributed by atoms with Crippen LogP contribution in [0.5, 0.6) is 0 Å². The predicted octanol–water partition coefficient (Wildman–Crippen LogP) is 1.81. The summed E-state index contributed by atoms with van der Waals surface area (Å²) in [5.41, 5.74) is 5.57. The summed E-state index contributed by atoms with van der Waals surface area (Å²) in [6.45, 7) is 0. The van der Waals surface area contributed by atoms with Crippen LogP contribution in [0, 0.1) is 0 Å². The van der Waals surface area contributed by atoms with Gasteiger partial charge in [0.05, 0.1) is 21.6 Å². The van der Waals surface area contributed by atoms with Crippen molar-refractivity contribution in [3.63, 3.8) is 0 Å². The Hall–Kier alpha value is -1.02. The SMILES string of the molecule is O=C(NN[C@H]1CCS(=O)(=O)C1)Nc1ccc(Cl)c(Cl)c1. The van der Waals surface area contributed by atoms with Gasteiger partial charge in [-0.15, -0.1) is 0 Å². The predicted molar refractivity (Wildman–Crippen MR) is 78.8 cm³/mol. The first-order valence-corrected chi connectivity index (χ1v) is 8.41. The van der Waals surface area contributed by atoms with E-state index < -0.39 is 15.9 Å². The van der Waals surface area contributed by atoms with Crippen LogP contribution in [0.4, 0.5) is 10.5 Å². The van der Waals surface area contributed by atoms with E-state index in [0.717, 1.165) is 0 Å². The molecule has 1 fully saturated rings. The summed E-state index contributed by atoms with van der Waals surface area (Å²) < 4.78 is 22.5. The molecule has 0 radical (unpaired) electrons. The number of anilines is 1. The Morgan fingerprint density at radius 3 is 2.60 bits per heavy atom. The first-order chi connectivity index (χ1) is 9.35. The summed E-state index contributed by atoms with van der Waals surface area (Å²) in [6.07, 6.45) is 0.482. The van der Waals surface area contributed by atoms with Crippen LogP contribution in [-0.2, 0) is 9.84 Å². The summed E-state index contributed by atoms with van der Waals surface area (Å²) >= 11 is 11.6. The zero-order valence-electron chi connectivity index (χ0n) is 10.3. The number of benzene rings is 1.